The van der Waals surface area contributed by atoms with E-state index in [1.165, 1.54) is 51.9 Å². The van der Waals surface area contributed by atoms with Crippen LogP contribution in [0.5, 0.6) is 0 Å². The minimum Gasteiger partial charge on any atom is -0.313 e. The van der Waals surface area contributed by atoms with Gasteiger partial charge in [-0.2, -0.15) is 0 Å². The van der Waals surface area contributed by atoms with Crippen LogP contribution in [0.2, 0.25) is 0 Å². The minimum absolute atomic E-state index is 0.752. The highest BCUT2D eigenvalue weighted by molar-refractivity contribution is 4.75. The van der Waals surface area contributed by atoms with E-state index >= 15 is 0 Å². The summed E-state index contributed by atoms with van der Waals surface area (Å²) in [7, 11) is 2.19. The van der Waals surface area contributed by atoms with Crippen LogP contribution in [0.3, 0.4) is 0 Å². The van der Waals surface area contributed by atoms with E-state index in [1.54, 1.807) is 0 Å². The van der Waals surface area contributed by atoms with Crippen LogP contribution in [-0.2, 0) is 0 Å². The quantitative estimate of drug-likeness (QED) is 0.733. The Morgan fingerprint density at radius 2 is 2.06 bits per heavy atom. The molecule has 1 rings (SSSR count). The molecule has 17 heavy (non-hydrogen) atoms. The first-order valence-corrected chi connectivity index (χ1v) is 7.40. The topological polar surface area (TPSA) is 18.5 Å². The lowest BCUT2D eigenvalue weighted by Crippen LogP contribution is -2.36. The molecule has 3 nitrogen and oxygen atoms in total. The third-order valence-corrected chi connectivity index (χ3v) is 3.83. The zero-order valence-corrected chi connectivity index (χ0v) is 12.0. The molecule has 0 aliphatic carbocycles. The van der Waals surface area contributed by atoms with E-state index < -0.39 is 0 Å². The summed E-state index contributed by atoms with van der Waals surface area (Å²) in [6, 6.07) is 0.752. The van der Waals surface area contributed by atoms with Crippen molar-refractivity contribution in [3.63, 3.8) is 0 Å². The molecule has 3 heteroatoms. The van der Waals surface area contributed by atoms with Crippen molar-refractivity contribution in [2.75, 3.05) is 46.3 Å². The van der Waals surface area contributed by atoms with Crippen LogP contribution < -0.4 is 5.32 Å². The largest absolute Gasteiger partial charge is 0.313 e. The van der Waals surface area contributed by atoms with E-state index in [0.29, 0.717) is 0 Å². The Morgan fingerprint density at radius 1 is 1.24 bits per heavy atom. The molecule has 0 spiro atoms. The predicted octanol–water partition coefficient (Wildman–Crippen LogP) is 1.79. The number of likely N-dealkylation sites (tertiary alicyclic amines) is 1. The van der Waals surface area contributed by atoms with Gasteiger partial charge in [0.2, 0.25) is 0 Å². The van der Waals surface area contributed by atoms with Crippen molar-refractivity contribution in [3.05, 3.63) is 0 Å². The maximum Gasteiger partial charge on any atom is 0.0104 e. The lowest BCUT2D eigenvalue weighted by atomic mass is 10.1. The second-order valence-electron chi connectivity index (χ2n) is 5.32. The molecule has 0 amide bonds. The summed E-state index contributed by atoms with van der Waals surface area (Å²) in [6.45, 7) is 11.8. The summed E-state index contributed by atoms with van der Waals surface area (Å²) in [5, 5.41) is 3.72. The number of likely N-dealkylation sites (N-methyl/N-ethyl adjacent to an activating group) is 1. The first-order chi connectivity index (χ1) is 8.26. The second-order valence-corrected chi connectivity index (χ2v) is 5.32. The van der Waals surface area contributed by atoms with Crippen LogP contribution in [0, 0.1) is 0 Å². The molecule has 0 aromatic rings. The third-order valence-electron chi connectivity index (χ3n) is 3.83. The predicted molar refractivity (Wildman–Crippen MR) is 75.5 cm³/mol. The monoisotopic (exact) mass is 241 g/mol. The first-order valence-electron chi connectivity index (χ1n) is 7.40. The Bertz CT molecular complexity index is 184. The fourth-order valence-corrected chi connectivity index (χ4v) is 2.52. The van der Waals surface area contributed by atoms with E-state index in [0.717, 1.165) is 19.1 Å². The van der Waals surface area contributed by atoms with Crippen LogP contribution in [0.15, 0.2) is 0 Å². The molecule has 1 fully saturated rings. The normalized spacial score (nSPS) is 22.9. The van der Waals surface area contributed by atoms with Crippen molar-refractivity contribution in [2.24, 2.45) is 0 Å². The molecule has 1 aliphatic rings. The van der Waals surface area contributed by atoms with Crippen molar-refractivity contribution in [1.29, 1.82) is 0 Å². The number of nitrogens with one attached hydrogen (secondary N) is 1. The van der Waals surface area contributed by atoms with E-state index in [1.807, 2.05) is 0 Å². The highest BCUT2D eigenvalue weighted by atomic mass is 15.1. The van der Waals surface area contributed by atoms with Crippen LogP contribution >= 0.6 is 0 Å². The van der Waals surface area contributed by atoms with Crippen LogP contribution in [0.25, 0.3) is 0 Å². The van der Waals surface area contributed by atoms with Gasteiger partial charge in [-0.05, 0) is 58.9 Å². The molecular formula is C14H31N3. The van der Waals surface area contributed by atoms with E-state index in [2.05, 4.69) is 36.0 Å². The molecule has 0 radical (unpaired) electrons. The molecule has 0 saturated carbocycles. The Balaban J connectivity index is 2.13. The summed E-state index contributed by atoms with van der Waals surface area (Å²) >= 11 is 0. The molecular weight excluding hydrogens is 210 g/mol. The number of rotatable bonds is 7. The van der Waals surface area contributed by atoms with Crippen molar-refractivity contribution >= 4 is 0 Å². The number of hydrogen-bond acceptors (Lipinski definition) is 3. The molecule has 0 aromatic heterocycles. The third kappa shape index (κ3) is 6.39. The van der Waals surface area contributed by atoms with Gasteiger partial charge in [0, 0.05) is 19.1 Å². The van der Waals surface area contributed by atoms with Gasteiger partial charge in [-0.3, -0.25) is 0 Å². The van der Waals surface area contributed by atoms with Crippen molar-refractivity contribution < 1.29 is 0 Å². The van der Waals surface area contributed by atoms with Gasteiger partial charge in [-0.25, -0.2) is 0 Å². The van der Waals surface area contributed by atoms with E-state index in [4.69, 9.17) is 0 Å². The van der Waals surface area contributed by atoms with Gasteiger partial charge >= 0.3 is 0 Å². The van der Waals surface area contributed by atoms with Gasteiger partial charge in [0.15, 0.2) is 0 Å². The summed E-state index contributed by atoms with van der Waals surface area (Å²) in [6.07, 6.45) is 5.34. The van der Waals surface area contributed by atoms with Crippen molar-refractivity contribution in [2.45, 2.75) is 45.6 Å². The summed E-state index contributed by atoms with van der Waals surface area (Å²) < 4.78 is 0. The zero-order chi connectivity index (χ0) is 12.5. The van der Waals surface area contributed by atoms with Gasteiger partial charge in [0.25, 0.3) is 0 Å². The Labute approximate surface area is 108 Å². The minimum atomic E-state index is 0.752. The lowest BCUT2D eigenvalue weighted by molar-refractivity contribution is 0.281. The molecule has 1 heterocycles. The van der Waals surface area contributed by atoms with Gasteiger partial charge < -0.3 is 15.1 Å². The van der Waals surface area contributed by atoms with Gasteiger partial charge in [0.05, 0.1) is 0 Å². The molecule has 102 valence electrons. The Kier molecular flexibility index (Phi) is 7.82. The fourth-order valence-electron chi connectivity index (χ4n) is 2.52. The summed E-state index contributed by atoms with van der Waals surface area (Å²) in [4.78, 5) is 4.99. The second kappa shape index (κ2) is 8.90. The SMILES string of the molecule is CCCN1CCCC(NCCN(C)CC)CC1. The first kappa shape index (κ1) is 14.9. The molecule has 1 atom stereocenters. The standard InChI is InChI=1S/C14H31N3/c1-4-10-17-11-6-7-14(8-12-17)15-9-13-16(3)5-2/h14-15H,4-13H2,1-3H3. The number of hydrogen-bond donors (Lipinski definition) is 1. The van der Waals surface area contributed by atoms with E-state index in [-0.39, 0.29) is 0 Å². The van der Waals surface area contributed by atoms with Crippen LogP contribution in [0.1, 0.15) is 39.5 Å². The summed E-state index contributed by atoms with van der Waals surface area (Å²) in [5.74, 6) is 0. The maximum atomic E-state index is 3.72. The average molecular weight is 241 g/mol. The average Bonchev–Trinajstić information content (AvgIpc) is 2.55. The molecule has 1 N–H and O–H groups in total. The zero-order valence-electron chi connectivity index (χ0n) is 12.0. The van der Waals surface area contributed by atoms with E-state index in [9.17, 15) is 0 Å². The van der Waals surface area contributed by atoms with Crippen molar-refractivity contribution in [1.82, 2.24) is 15.1 Å². The molecule has 0 aromatic carbocycles. The Morgan fingerprint density at radius 3 is 2.76 bits per heavy atom. The Hall–Kier alpha value is -0.120. The maximum absolute atomic E-state index is 3.72. The fraction of sp³-hybridized carbons (Fsp3) is 1.00. The van der Waals surface area contributed by atoms with Crippen LogP contribution in [-0.4, -0.2) is 62.2 Å². The lowest BCUT2D eigenvalue weighted by Gasteiger charge is -2.20. The van der Waals surface area contributed by atoms with Gasteiger partial charge in [0.1, 0.15) is 0 Å². The highest BCUT2D eigenvalue weighted by Gasteiger charge is 2.15. The summed E-state index contributed by atoms with van der Waals surface area (Å²) in [5.41, 5.74) is 0. The van der Waals surface area contributed by atoms with Crippen LogP contribution in [0.4, 0.5) is 0 Å². The molecule has 1 aliphatic heterocycles. The van der Waals surface area contributed by atoms with Gasteiger partial charge in [-0.1, -0.05) is 13.8 Å². The highest BCUT2D eigenvalue weighted by Crippen LogP contribution is 2.11. The van der Waals surface area contributed by atoms with Crippen molar-refractivity contribution in [3.8, 4) is 0 Å². The smallest absolute Gasteiger partial charge is 0.0104 e. The molecule has 1 unspecified atom stereocenters. The van der Waals surface area contributed by atoms with Gasteiger partial charge in [-0.15, -0.1) is 0 Å². The number of nitrogens with zero attached hydrogens (tertiary/aromatic N) is 2. The molecule has 1 saturated heterocycles. The molecule has 0 bridgehead atoms.